The summed E-state index contributed by atoms with van der Waals surface area (Å²) in [5, 5.41) is 22.2. The van der Waals surface area contributed by atoms with Crippen molar-refractivity contribution >= 4 is 5.91 Å². The van der Waals surface area contributed by atoms with Gasteiger partial charge in [-0.15, -0.1) is 0 Å². The van der Waals surface area contributed by atoms with Gasteiger partial charge in [-0.3, -0.25) is 4.79 Å². The third kappa shape index (κ3) is 12.8. The van der Waals surface area contributed by atoms with Gasteiger partial charge in [-0.05, 0) is 19.3 Å². The van der Waals surface area contributed by atoms with E-state index in [0.717, 1.165) is 19.3 Å². The van der Waals surface area contributed by atoms with Crippen LogP contribution in [-0.4, -0.2) is 60.8 Å². The molecule has 6 nitrogen and oxygen atoms in total. The Kier molecular flexibility index (Phi) is 17.2. The minimum absolute atomic E-state index is 0.118. The minimum atomic E-state index is -0.801. The van der Waals surface area contributed by atoms with Crippen molar-refractivity contribution in [1.29, 1.82) is 0 Å². The summed E-state index contributed by atoms with van der Waals surface area (Å²) in [4.78, 5) is 12.0. The normalized spacial score (nSPS) is 23.4. The van der Waals surface area contributed by atoms with Gasteiger partial charge >= 0.3 is 0 Å². The standard InChI is InChI=1S/C25H49NO5/c1-3-4-5-6-7-8-9-10-11-12-13-14-15-18-23(28)26-19-16-17-21-25(30-2)24(29)22(20-27)31-21/h21-22,24-25,27,29H,3-20H2,1-2H3,(H,26,28)/t21-,22+,24+,25-/m0/s1. The Hall–Kier alpha value is -0.690. The third-order valence-electron chi connectivity index (χ3n) is 6.38. The highest BCUT2D eigenvalue weighted by molar-refractivity contribution is 5.75. The van der Waals surface area contributed by atoms with Gasteiger partial charge in [-0.1, -0.05) is 84.0 Å². The van der Waals surface area contributed by atoms with Crippen LogP contribution in [0.5, 0.6) is 0 Å². The van der Waals surface area contributed by atoms with Crippen LogP contribution in [0.25, 0.3) is 0 Å². The summed E-state index contributed by atoms with van der Waals surface area (Å²) in [5.41, 5.74) is 0. The molecule has 1 saturated heterocycles. The second kappa shape index (κ2) is 18.8. The highest BCUT2D eigenvalue weighted by atomic mass is 16.6. The third-order valence-corrected chi connectivity index (χ3v) is 6.38. The van der Waals surface area contributed by atoms with Gasteiger partial charge in [0.25, 0.3) is 0 Å². The molecule has 0 saturated carbocycles. The number of hydrogen-bond acceptors (Lipinski definition) is 5. The maximum absolute atomic E-state index is 12.0. The average molecular weight is 444 g/mol. The number of rotatable bonds is 20. The van der Waals surface area contributed by atoms with Gasteiger partial charge in [-0.25, -0.2) is 0 Å². The van der Waals surface area contributed by atoms with Crippen LogP contribution in [0.3, 0.4) is 0 Å². The van der Waals surface area contributed by atoms with E-state index in [1.807, 2.05) is 0 Å². The molecule has 184 valence electrons. The fourth-order valence-electron chi connectivity index (χ4n) is 4.41. The zero-order chi connectivity index (χ0) is 22.7. The second-order valence-corrected chi connectivity index (χ2v) is 9.07. The van der Waals surface area contributed by atoms with E-state index in [-0.39, 0.29) is 18.6 Å². The molecule has 1 rings (SSSR count). The number of hydrogen-bond donors (Lipinski definition) is 3. The monoisotopic (exact) mass is 443 g/mol. The van der Waals surface area contributed by atoms with E-state index in [0.29, 0.717) is 19.4 Å². The second-order valence-electron chi connectivity index (χ2n) is 9.07. The van der Waals surface area contributed by atoms with E-state index in [1.165, 1.54) is 70.6 Å². The van der Waals surface area contributed by atoms with Gasteiger partial charge in [0.2, 0.25) is 5.91 Å². The van der Waals surface area contributed by atoms with Gasteiger partial charge in [0.15, 0.2) is 0 Å². The van der Waals surface area contributed by atoms with E-state index in [9.17, 15) is 15.0 Å². The first-order valence-electron chi connectivity index (χ1n) is 12.9. The first-order valence-corrected chi connectivity index (χ1v) is 12.9. The van der Waals surface area contributed by atoms with Crippen LogP contribution >= 0.6 is 0 Å². The lowest BCUT2D eigenvalue weighted by Crippen LogP contribution is -2.35. The number of amides is 1. The number of ether oxygens (including phenoxy) is 2. The topological polar surface area (TPSA) is 88.0 Å². The summed E-state index contributed by atoms with van der Waals surface area (Å²) in [7, 11) is 1.54. The van der Waals surface area contributed by atoms with Crippen LogP contribution in [0.15, 0.2) is 0 Å². The van der Waals surface area contributed by atoms with Crippen molar-refractivity contribution in [1.82, 2.24) is 5.32 Å². The summed E-state index contributed by atoms with van der Waals surface area (Å²) in [6, 6.07) is 0. The van der Waals surface area contributed by atoms with Crippen LogP contribution in [0.1, 0.15) is 110 Å². The predicted octanol–water partition coefficient (Wildman–Crippen LogP) is 4.50. The summed E-state index contributed by atoms with van der Waals surface area (Å²) in [5.74, 6) is 0.118. The highest BCUT2D eigenvalue weighted by Gasteiger charge is 2.42. The molecule has 0 radical (unpaired) electrons. The van der Waals surface area contributed by atoms with Crippen molar-refractivity contribution in [3.05, 3.63) is 0 Å². The molecule has 1 amide bonds. The molecule has 0 spiro atoms. The molecule has 0 aliphatic carbocycles. The van der Waals surface area contributed by atoms with Gasteiger partial charge in [0.1, 0.15) is 18.3 Å². The summed E-state index contributed by atoms with van der Waals surface area (Å²) in [6.45, 7) is 2.65. The average Bonchev–Trinajstić information content (AvgIpc) is 3.08. The molecular formula is C25H49NO5. The van der Waals surface area contributed by atoms with Crippen LogP contribution in [-0.2, 0) is 14.3 Å². The van der Waals surface area contributed by atoms with Crippen molar-refractivity contribution in [3.8, 4) is 0 Å². The molecule has 1 aliphatic rings. The molecule has 4 atom stereocenters. The zero-order valence-corrected chi connectivity index (χ0v) is 20.2. The van der Waals surface area contributed by atoms with Crippen molar-refractivity contribution in [2.75, 3.05) is 20.3 Å². The molecule has 1 heterocycles. The van der Waals surface area contributed by atoms with Crippen molar-refractivity contribution < 1.29 is 24.5 Å². The van der Waals surface area contributed by atoms with Crippen molar-refractivity contribution in [3.63, 3.8) is 0 Å². The molecule has 31 heavy (non-hydrogen) atoms. The van der Waals surface area contributed by atoms with Gasteiger partial charge in [0, 0.05) is 20.1 Å². The van der Waals surface area contributed by atoms with Crippen molar-refractivity contribution in [2.45, 2.75) is 134 Å². The number of carbonyl (C=O) groups is 1. The number of carbonyl (C=O) groups excluding carboxylic acids is 1. The van der Waals surface area contributed by atoms with Crippen LogP contribution < -0.4 is 5.32 Å². The Morgan fingerprint density at radius 2 is 1.42 bits per heavy atom. The summed E-state index contributed by atoms with van der Waals surface area (Å²) < 4.78 is 11.0. The Morgan fingerprint density at radius 3 is 1.94 bits per heavy atom. The molecule has 6 heteroatoms. The van der Waals surface area contributed by atoms with E-state index in [2.05, 4.69) is 12.2 Å². The summed E-state index contributed by atoms with van der Waals surface area (Å²) in [6.07, 6.45) is 17.0. The smallest absolute Gasteiger partial charge is 0.219 e. The van der Waals surface area contributed by atoms with Crippen molar-refractivity contribution in [2.24, 2.45) is 0 Å². The van der Waals surface area contributed by atoms with Gasteiger partial charge < -0.3 is 25.0 Å². The largest absolute Gasteiger partial charge is 0.394 e. The highest BCUT2D eigenvalue weighted by Crippen LogP contribution is 2.26. The number of aliphatic hydroxyl groups excluding tert-OH is 2. The maximum Gasteiger partial charge on any atom is 0.219 e. The van der Waals surface area contributed by atoms with E-state index in [4.69, 9.17) is 9.47 Å². The molecular weight excluding hydrogens is 394 g/mol. The number of aliphatic hydroxyl groups is 2. The minimum Gasteiger partial charge on any atom is -0.394 e. The number of methoxy groups -OCH3 is 1. The van der Waals surface area contributed by atoms with E-state index in [1.54, 1.807) is 7.11 Å². The Morgan fingerprint density at radius 1 is 0.871 bits per heavy atom. The van der Waals surface area contributed by atoms with E-state index < -0.39 is 18.3 Å². The number of nitrogens with one attached hydrogen (secondary N) is 1. The molecule has 1 fully saturated rings. The molecule has 0 aromatic rings. The van der Waals surface area contributed by atoms with Crippen LogP contribution in [0.4, 0.5) is 0 Å². The molecule has 1 aliphatic heterocycles. The van der Waals surface area contributed by atoms with E-state index >= 15 is 0 Å². The fourth-order valence-corrected chi connectivity index (χ4v) is 4.41. The SMILES string of the molecule is CCCCCCCCCCCCCCCC(=O)NCCC[C@@H]1O[C@H](CO)[C@@H](O)[C@H]1OC. The first kappa shape index (κ1) is 28.3. The lowest BCUT2D eigenvalue weighted by atomic mass is 10.0. The van der Waals surface area contributed by atoms with Gasteiger partial charge in [0.05, 0.1) is 12.7 Å². The maximum atomic E-state index is 12.0. The zero-order valence-electron chi connectivity index (χ0n) is 20.2. The Balaban J connectivity index is 1.89. The molecule has 3 N–H and O–H groups in total. The summed E-state index contributed by atoms with van der Waals surface area (Å²) >= 11 is 0. The fraction of sp³-hybridized carbons (Fsp3) is 0.960. The molecule has 0 unspecified atom stereocenters. The quantitative estimate of drug-likeness (QED) is 0.241. The predicted molar refractivity (Wildman–Crippen MR) is 125 cm³/mol. The lowest BCUT2D eigenvalue weighted by Gasteiger charge is -2.18. The number of unbranched alkanes of at least 4 members (excludes halogenated alkanes) is 12. The Bertz CT molecular complexity index is 434. The molecule has 0 aromatic heterocycles. The van der Waals surface area contributed by atoms with Crippen LogP contribution in [0, 0.1) is 0 Å². The Labute approximate surface area is 190 Å². The van der Waals surface area contributed by atoms with Crippen LogP contribution in [0.2, 0.25) is 0 Å². The van der Waals surface area contributed by atoms with Gasteiger partial charge in [-0.2, -0.15) is 0 Å². The first-order chi connectivity index (χ1) is 15.1. The lowest BCUT2D eigenvalue weighted by molar-refractivity contribution is -0.121. The molecule has 0 bridgehead atoms. The molecule has 0 aromatic carbocycles.